The Bertz CT molecular complexity index is 791. The molecule has 1 fully saturated rings. The smallest absolute Gasteiger partial charge is 0.266 e. The van der Waals surface area contributed by atoms with E-state index in [0.717, 1.165) is 21.1 Å². The molecule has 6 nitrogen and oxygen atoms in total. The van der Waals surface area contributed by atoms with E-state index >= 15 is 0 Å². The van der Waals surface area contributed by atoms with Crippen molar-refractivity contribution >= 4 is 66.3 Å². The number of carbonyl (C=O) groups is 1. The van der Waals surface area contributed by atoms with Gasteiger partial charge < -0.3 is 4.74 Å². The van der Waals surface area contributed by atoms with Crippen molar-refractivity contribution in [2.45, 2.75) is 0 Å². The summed E-state index contributed by atoms with van der Waals surface area (Å²) in [5.41, 5.74) is 0.692. The van der Waals surface area contributed by atoms with E-state index in [1.807, 2.05) is 6.07 Å². The van der Waals surface area contributed by atoms with E-state index < -0.39 is 21.8 Å². The van der Waals surface area contributed by atoms with E-state index in [9.17, 15) is 13.2 Å². The second-order valence-electron chi connectivity index (χ2n) is 4.51. The fraction of sp³-hybridized carbons (Fsp3) is 0.231. The highest BCUT2D eigenvalue weighted by molar-refractivity contribution is 9.10. The predicted molar refractivity (Wildman–Crippen MR) is 97.0 cm³/mol. The van der Waals surface area contributed by atoms with Crippen LogP contribution in [0.5, 0.6) is 5.75 Å². The van der Waals surface area contributed by atoms with Gasteiger partial charge in [-0.2, -0.15) is 8.42 Å². The Morgan fingerprint density at radius 1 is 1.48 bits per heavy atom. The lowest BCUT2D eigenvalue weighted by molar-refractivity contribution is -0.121. The van der Waals surface area contributed by atoms with Crippen molar-refractivity contribution in [3.8, 4) is 5.75 Å². The van der Waals surface area contributed by atoms with Crippen LogP contribution in [-0.4, -0.2) is 47.5 Å². The molecule has 1 amide bonds. The Morgan fingerprint density at radius 2 is 2.17 bits per heavy atom. The number of hydrogen-bond acceptors (Lipinski definition) is 6. The number of rotatable bonds is 5. The summed E-state index contributed by atoms with van der Waals surface area (Å²) >= 11 is 9.52. The summed E-state index contributed by atoms with van der Waals surface area (Å²) in [6, 6.07) is 5.37. The molecule has 10 heteroatoms. The lowest BCUT2D eigenvalue weighted by atomic mass is 10.2. The monoisotopic (exact) mass is 437 g/mol. The van der Waals surface area contributed by atoms with Crippen LogP contribution >= 0.6 is 39.9 Å². The zero-order valence-electron chi connectivity index (χ0n) is 11.9. The van der Waals surface area contributed by atoms with Crippen LogP contribution in [0.25, 0.3) is 6.08 Å². The van der Waals surface area contributed by atoms with E-state index in [2.05, 4.69) is 15.9 Å². The Hall–Kier alpha value is -0.940. The summed E-state index contributed by atoms with van der Waals surface area (Å²) in [6.45, 7) is -0.184. The third kappa shape index (κ3) is 4.77. The number of benzene rings is 1. The number of amides is 1. The highest BCUT2D eigenvalue weighted by atomic mass is 79.9. The molecule has 1 aromatic rings. The van der Waals surface area contributed by atoms with Gasteiger partial charge in [-0.25, -0.2) is 0 Å². The highest BCUT2D eigenvalue weighted by Gasteiger charge is 2.32. The first-order chi connectivity index (χ1) is 10.7. The first kappa shape index (κ1) is 18.4. The predicted octanol–water partition coefficient (Wildman–Crippen LogP) is 2.55. The minimum Gasteiger partial charge on any atom is -0.496 e. The third-order valence-corrected chi connectivity index (χ3v) is 5.49. The fourth-order valence-corrected chi connectivity index (χ4v) is 3.95. The first-order valence-corrected chi connectivity index (χ1v) is 9.88. The molecule has 0 aromatic heterocycles. The Morgan fingerprint density at radius 3 is 2.78 bits per heavy atom. The van der Waals surface area contributed by atoms with Gasteiger partial charge in [0.25, 0.3) is 16.0 Å². The van der Waals surface area contributed by atoms with Crippen LogP contribution in [0.1, 0.15) is 5.56 Å². The van der Waals surface area contributed by atoms with E-state index in [4.69, 9.17) is 21.5 Å². The van der Waals surface area contributed by atoms with E-state index in [0.29, 0.717) is 16.2 Å². The summed E-state index contributed by atoms with van der Waals surface area (Å²) in [6.07, 6.45) is 1.64. The van der Waals surface area contributed by atoms with Crippen molar-refractivity contribution in [3.63, 3.8) is 0 Å². The van der Waals surface area contributed by atoms with Crippen molar-refractivity contribution in [3.05, 3.63) is 33.1 Å². The van der Waals surface area contributed by atoms with Crippen LogP contribution in [0.4, 0.5) is 0 Å². The molecule has 124 valence electrons. The lowest BCUT2D eigenvalue weighted by Gasteiger charge is -2.12. The second-order valence-corrected chi connectivity index (χ2v) is 8.67. The SMILES string of the molecule is COc1ccc(Br)cc1C=C1SC(=S)N(CCS(=O)(=O)O)C1=O. The summed E-state index contributed by atoms with van der Waals surface area (Å²) < 4.78 is 36.8. The molecule has 0 saturated carbocycles. The van der Waals surface area contributed by atoms with Crippen molar-refractivity contribution in [1.82, 2.24) is 4.90 Å². The van der Waals surface area contributed by atoms with E-state index in [1.165, 1.54) is 7.11 Å². The molecule has 0 unspecified atom stereocenters. The summed E-state index contributed by atoms with van der Waals surface area (Å²) in [5.74, 6) is -0.366. The largest absolute Gasteiger partial charge is 0.496 e. The number of nitrogens with zero attached hydrogens (tertiary/aromatic N) is 1. The molecule has 0 radical (unpaired) electrons. The molecule has 1 aliphatic heterocycles. The summed E-state index contributed by atoms with van der Waals surface area (Å²) in [5, 5.41) is 0. The normalized spacial score (nSPS) is 17.2. The highest BCUT2D eigenvalue weighted by Crippen LogP contribution is 2.34. The molecule has 0 atom stereocenters. The van der Waals surface area contributed by atoms with Crippen molar-refractivity contribution in [1.29, 1.82) is 0 Å². The van der Waals surface area contributed by atoms with Crippen LogP contribution in [0.3, 0.4) is 0 Å². The van der Waals surface area contributed by atoms with Crippen LogP contribution in [-0.2, 0) is 14.9 Å². The van der Waals surface area contributed by atoms with Crippen molar-refractivity contribution < 1.29 is 22.5 Å². The van der Waals surface area contributed by atoms with Gasteiger partial charge in [-0.3, -0.25) is 14.2 Å². The van der Waals surface area contributed by atoms with Crippen molar-refractivity contribution in [2.75, 3.05) is 19.4 Å². The Balaban J connectivity index is 2.27. The molecule has 1 aliphatic rings. The van der Waals surface area contributed by atoms with Gasteiger partial charge in [-0.15, -0.1) is 0 Å². The molecule has 1 aromatic carbocycles. The number of carbonyl (C=O) groups excluding carboxylic acids is 1. The standard InChI is InChI=1S/C13H12BrNO5S3/c1-20-10-3-2-9(14)6-8(10)7-11-12(16)15(13(21)22-11)4-5-23(17,18)19/h2-3,6-7H,4-5H2,1H3,(H,17,18,19). The number of thioether (sulfide) groups is 1. The second kappa shape index (κ2) is 7.31. The topological polar surface area (TPSA) is 83.9 Å². The number of halogens is 1. The zero-order valence-corrected chi connectivity index (χ0v) is 15.9. The maximum Gasteiger partial charge on any atom is 0.266 e. The average Bonchev–Trinajstić information content (AvgIpc) is 2.71. The Labute approximate surface area is 151 Å². The summed E-state index contributed by atoms with van der Waals surface area (Å²) in [7, 11) is -2.63. The first-order valence-electron chi connectivity index (χ1n) is 6.25. The molecule has 23 heavy (non-hydrogen) atoms. The molecule has 0 bridgehead atoms. The Kier molecular flexibility index (Phi) is 5.84. The molecule has 1 heterocycles. The van der Waals surface area contributed by atoms with Crippen LogP contribution in [0.15, 0.2) is 27.6 Å². The minimum absolute atomic E-state index is 0.184. The lowest BCUT2D eigenvalue weighted by Crippen LogP contribution is -2.32. The molecular formula is C13H12BrNO5S3. The van der Waals surface area contributed by atoms with Crippen LogP contribution in [0.2, 0.25) is 0 Å². The van der Waals surface area contributed by atoms with Crippen LogP contribution in [0, 0.1) is 0 Å². The molecule has 0 spiro atoms. The van der Waals surface area contributed by atoms with Gasteiger partial charge in [0.2, 0.25) is 0 Å². The number of thiocarbonyl (C=S) groups is 1. The van der Waals surface area contributed by atoms with Gasteiger partial charge in [-0.05, 0) is 24.3 Å². The minimum atomic E-state index is -4.16. The van der Waals surface area contributed by atoms with Gasteiger partial charge in [0.15, 0.2) is 0 Å². The van der Waals surface area contributed by atoms with E-state index in [1.54, 1.807) is 18.2 Å². The van der Waals surface area contributed by atoms with Gasteiger partial charge in [0, 0.05) is 16.6 Å². The maximum absolute atomic E-state index is 12.3. The number of hydrogen-bond donors (Lipinski definition) is 1. The zero-order chi connectivity index (χ0) is 17.2. The van der Waals surface area contributed by atoms with Crippen LogP contribution < -0.4 is 4.74 Å². The molecule has 1 N–H and O–H groups in total. The van der Waals surface area contributed by atoms with Crippen molar-refractivity contribution in [2.24, 2.45) is 0 Å². The fourth-order valence-electron chi connectivity index (χ4n) is 1.86. The molecule has 1 saturated heterocycles. The van der Waals surface area contributed by atoms with Gasteiger partial charge in [0.05, 0.1) is 17.8 Å². The quantitative estimate of drug-likeness (QED) is 0.430. The van der Waals surface area contributed by atoms with E-state index in [-0.39, 0.29) is 10.9 Å². The van der Waals surface area contributed by atoms with Gasteiger partial charge in [0.1, 0.15) is 10.1 Å². The van der Waals surface area contributed by atoms with Gasteiger partial charge in [-0.1, -0.05) is 39.9 Å². The number of methoxy groups -OCH3 is 1. The number of ether oxygens (including phenoxy) is 1. The summed E-state index contributed by atoms with van der Waals surface area (Å²) in [4.78, 5) is 13.9. The molecular weight excluding hydrogens is 426 g/mol. The molecule has 2 rings (SSSR count). The molecule has 0 aliphatic carbocycles. The maximum atomic E-state index is 12.3. The van der Waals surface area contributed by atoms with Gasteiger partial charge >= 0.3 is 0 Å². The average molecular weight is 438 g/mol. The third-order valence-electron chi connectivity index (χ3n) is 2.92.